The lowest BCUT2D eigenvalue weighted by Crippen LogP contribution is -2.45. The summed E-state index contributed by atoms with van der Waals surface area (Å²) in [5.41, 5.74) is -1.54. The number of ether oxygens (including phenoxy) is 2. The van der Waals surface area contributed by atoms with E-state index >= 15 is 0 Å². The van der Waals surface area contributed by atoms with Crippen molar-refractivity contribution in [3.8, 4) is 0 Å². The molecule has 6 heteroatoms. The minimum Gasteiger partial charge on any atom is -0.461 e. The average molecular weight is 284 g/mol. The summed E-state index contributed by atoms with van der Waals surface area (Å²) < 4.78 is 9.60. The topological polar surface area (TPSA) is 86.7 Å². The number of esters is 2. The Morgan fingerprint density at radius 2 is 1.40 bits per heavy atom. The van der Waals surface area contributed by atoms with Crippen molar-refractivity contribution in [3.05, 3.63) is 12.2 Å². The highest BCUT2D eigenvalue weighted by Crippen LogP contribution is 2.26. The summed E-state index contributed by atoms with van der Waals surface area (Å²) in [6.07, 6.45) is 0.0298. The van der Waals surface area contributed by atoms with Gasteiger partial charge in [-0.05, 0) is 27.2 Å². The number of rotatable bonds is 8. The lowest BCUT2D eigenvalue weighted by Gasteiger charge is -2.24. The molecule has 112 valence electrons. The summed E-state index contributed by atoms with van der Waals surface area (Å²) in [4.78, 5) is 46.2. The van der Waals surface area contributed by atoms with Gasteiger partial charge in [0.15, 0.2) is 17.0 Å². The summed E-state index contributed by atoms with van der Waals surface area (Å²) in [5.74, 6) is -2.62. The van der Waals surface area contributed by atoms with Crippen LogP contribution in [-0.4, -0.2) is 36.7 Å². The lowest BCUT2D eigenvalue weighted by molar-refractivity contribution is -0.166. The van der Waals surface area contributed by atoms with Crippen molar-refractivity contribution in [3.63, 3.8) is 0 Å². The van der Waals surface area contributed by atoms with E-state index in [0.29, 0.717) is 0 Å². The van der Waals surface area contributed by atoms with Gasteiger partial charge in [0, 0.05) is 5.57 Å². The van der Waals surface area contributed by atoms with Crippen LogP contribution in [0, 0.1) is 5.41 Å². The molecule has 0 aliphatic heterocycles. The third kappa shape index (κ3) is 4.01. The molecule has 0 aliphatic rings. The number of carbonyl (C=O) groups excluding carboxylic acids is 4. The number of ketones is 2. The van der Waals surface area contributed by atoms with Crippen LogP contribution in [0.5, 0.6) is 0 Å². The molecule has 0 amide bonds. The number of hydrogen-bond donors (Lipinski definition) is 0. The molecule has 0 atom stereocenters. The summed E-state index contributed by atoms with van der Waals surface area (Å²) in [6.45, 7) is 8.41. The zero-order chi connectivity index (χ0) is 15.9. The minimum atomic E-state index is -1.77. The fourth-order valence-electron chi connectivity index (χ4n) is 1.69. The first kappa shape index (κ1) is 18.0. The van der Waals surface area contributed by atoms with E-state index in [1.165, 1.54) is 20.8 Å². The van der Waals surface area contributed by atoms with Gasteiger partial charge in [0.2, 0.25) is 0 Å². The highest BCUT2D eigenvalue weighted by Gasteiger charge is 2.47. The van der Waals surface area contributed by atoms with Crippen molar-refractivity contribution < 1.29 is 28.7 Å². The predicted molar refractivity (Wildman–Crippen MR) is 70.8 cm³/mol. The van der Waals surface area contributed by atoms with Crippen LogP contribution in [0.15, 0.2) is 12.2 Å². The Morgan fingerprint density at radius 1 is 0.950 bits per heavy atom. The molecule has 0 aromatic carbocycles. The molecule has 0 N–H and O–H groups in total. The van der Waals surface area contributed by atoms with Crippen LogP contribution >= 0.6 is 0 Å². The molecule has 0 aliphatic carbocycles. The Balaban J connectivity index is 4.58. The summed E-state index contributed by atoms with van der Waals surface area (Å²) in [7, 11) is 0. The molecular weight excluding hydrogens is 264 g/mol. The zero-order valence-corrected chi connectivity index (χ0v) is 12.3. The van der Waals surface area contributed by atoms with E-state index in [1.807, 2.05) is 0 Å². The SMILES string of the molecule is C=C(C)C(=O)OCCOC(=O)C(CC)(C(C)=O)C(C)=O. The van der Waals surface area contributed by atoms with Crippen molar-refractivity contribution in [2.45, 2.75) is 34.1 Å². The van der Waals surface area contributed by atoms with Crippen molar-refractivity contribution in [2.24, 2.45) is 5.41 Å². The smallest absolute Gasteiger partial charge is 0.333 e. The van der Waals surface area contributed by atoms with Gasteiger partial charge in [-0.3, -0.25) is 14.4 Å². The normalized spacial score (nSPS) is 10.6. The van der Waals surface area contributed by atoms with Gasteiger partial charge in [-0.2, -0.15) is 0 Å². The van der Waals surface area contributed by atoms with E-state index in [4.69, 9.17) is 9.47 Å². The van der Waals surface area contributed by atoms with Crippen molar-refractivity contribution >= 4 is 23.5 Å². The second kappa shape index (κ2) is 7.57. The van der Waals surface area contributed by atoms with E-state index in [0.717, 1.165) is 0 Å². The van der Waals surface area contributed by atoms with Crippen molar-refractivity contribution in [1.82, 2.24) is 0 Å². The summed E-state index contributed by atoms with van der Waals surface area (Å²) in [6, 6.07) is 0. The monoisotopic (exact) mass is 284 g/mol. The third-order valence-corrected chi connectivity index (χ3v) is 2.98. The highest BCUT2D eigenvalue weighted by molar-refractivity contribution is 6.21. The van der Waals surface area contributed by atoms with Crippen LogP contribution in [0.2, 0.25) is 0 Å². The van der Waals surface area contributed by atoms with E-state index < -0.39 is 28.9 Å². The van der Waals surface area contributed by atoms with Crippen molar-refractivity contribution in [1.29, 1.82) is 0 Å². The standard InChI is InChI=1S/C14H20O6/c1-6-14(10(4)15,11(5)16)13(18)20-8-7-19-12(17)9(2)3/h2,6-8H2,1,3-5H3. The second-order valence-corrected chi connectivity index (χ2v) is 4.42. The quantitative estimate of drug-likeness (QED) is 0.288. The van der Waals surface area contributed by atoms with Gasteiger partial charge in [0.25, 0.3) is 0 Å². The maximum absolute atomic E-state index is 11.9. The molecule has 0 bridgehead atoms. The van der Waals surface area contributed by atoms with Crippen LogP contribution in [0.1, 0.15) is 34.1 Å². The Bertz CT molecular complexity index is 421. The van der Waals surface area contributed by atoms with Crippen LogP contribution in [0.25, 0.3) is 0 Å². The maximum Gasteiger partial charge on any atom is 0.333 e. The van der Waals surface area contributed by atoms with Crippen LogP contribution < -0.4 is 0 Å². The largest absolute Gasteiger partial charge is 0.461 e. The van der Waals surface area contributed by atoms with Crippen molar-refractivity contribution in [2.75, 3.05) is 13.2 Å². The first-order chi connectivity index (χ1) is 9.20. The molecule has 6 nitrogen and oxygen atoms in total. The van der Waals surface area contributed by atoms with Gasteiger partial charge in [-0.1, -0.05) is 13.5 Å². The molecule has 0 aromatic rings. The Kier molecular flexibility index (Phi) is 6.82. The first-order valence-electron chi connectivity index (χ1n) is 6.22. The second-order valence-electron chi connectivity index (χ2n) is 4.42. The lowest BCUT2D eigenvalue weighted by atomic mass is 9.78. The molecule has 20 heavy (non-hydrogen) atoms. The molecule has 0 unspecified atom stereocenters. The molecule has 0 saturated heterocycles. The van der Waals surface area contributed by atoms with Gasteiger partial charge >= 0.3 is 11.9 Å². The third-order valence-electron chi connectivity index (χ3n) is 2.98. The van der Waals surface area contributed by atoms with E-state index in [-0.39, 0.29) is 25.2 Å². The molecule has 0 heterocycles. The summed E-state index contributed by atoms with van der Waals surface area (Å²) in [5, 5.41) is 0. The molecular formula is C14H20O6. The van der Waals surface area contributed by atoms with Crippen LogP contribution in [0.3, 0.4) is 0 Å². The Hall–Kier alpha value is -1.98. The highest BCUT2D eigenvalue weighted by atomic mass is 16.6. The molecule has 0 saturated carbocycles. The predicted octanol–water partition coefficient (Wildman–Crippen LogP) is 1.22. The van der Waals surface area contributed by atoms with E-state index in [9.17, 15) is 19.2 Å². The van der Waals surface area contributed by atoms with Gasteiger partial charge < -0.3 is 9.47 Å². The fraction of sp³-hybridized carbons (Fsp3) is 0.571. The van der Waals surface area contributed by atoms with Gasteiger partial charge in [0.1, 0.15) is 13.2 Å². The molecule has 0 rings (SSSR count). The van der Waals surface area contributed by atoms with Crippen LogP contribution in [0.4, 0.5) is 0 Å². The fourth-order valence-corrected chi connectivity index (χ4v) is 1.69. The number of Topliss-reactive ketones (excluding diaryl/α,β-unsaturated/α-hetero) is 2. The van der Waals surface area contributed by atoms with Gasteiger partial charge in [-0.25, -0.2) is 4.79 Å². The average Bonchev–Trinajstić information content (AvgIpc) is 2.34. The molecule has 0 aromatic heterocycles. The maximum atomic E-state index is 11.9. The van der Waals surface area contributed by atoms with E-state index in [2.05, 4.69) is 6.58 Å². The molecule has 0 fully saturated rings. The first-order valence-corrected chi connectivity index (χ1v) is 6.22. The minimum absolute atomic E-state index is 0.0298. The van der Waals surface area contributed by atoms with Crippen LogP contribution in [-0.2, 0) is 28.7 Å². The molecule has 0 spiro atoms. The number of carbonyl (C=O) groups is 4. The van der Waals surface area contributed by atoms with E-state index in [1.54, 1.807) is 6.92 Å². The van der Waals surface area contributed by atoms with Gasteiger partial charge in [0.05, 0.1) is 0 Å². The zero-order valence-electron chi connectivity index (χ0n) is 12.3. The number of hydrogen-bond acceptors (Lipinski definition) is 6. The molecule has 0 radical (unpaired) electrons. The Morgan fingerprint density at radius 3 is 1.75 bits per heavy atom. The Labute approximate surface area is 118 Å². The summed E-state index contributed by atoms with van der Waals surface area (Å²) >= 11 is 0. The van der Waals surface area contributed by atoms with Gasteiger partial charge in [-0.15, -0.1) is 0 Å².